The minimum absolute atomic E-state index is 0.292. The molecule has 0 radical (unpaired) electrons. The first-order valence-electron chi connectivity index (χ1n) is 8.62. The van der Waals surface area contributed by atoms with Gasteiger partial charge < -0.3 is 10.1 Å². The van der Waals surface area contributed by atoms with E-state index in [1.54, 1.807) is 24.5 Å². The number of methoxy groups -OCH3 is 1. The molecule has 4 rings (SSSR count). The number of carbonyl (C=O) groups excluding carboxylic acids is 1. The molecule has 0 saturated heterocycles. The highest BCUT2D eigenvalue weighted by Crippen LogP contribution is 2.26. The summed E-state index contributed by atoms with van der Waals surface area (Å²) in [5, 5.41) is 12.0. The Morgan fingerprint density at radius 1 is 1.11 bits per heavy atom. The summed E-state index contributed by atoms with van der Waals surface area (Å²) in [6.07, 6.45) is 1.74. The highest BCUT2D eigenvalue weighted by atomic mass is 16.5. The Morgan fingerprint density at radius 3 is 2.71 bits per heavy atom. The lowest BCUT2D eigenvalue weighted by Crippen LogP contribution is -2.14. The molecule has 3 aromatic carbocycles. The number of benzene rings is 3. The molecular weight excluding hydrogens is 352 g/mol. The van der Waals surface area contributed by atoms with Crippen LogP contribution < -0.4 is 10.1 Å². The van der Waals surface area contributed by atoms with Gasteiger partial charge in [-0.25, -0.2) is 4.98 Å². The lowest BCUT2D eigenvalue weighted by molar-refractivity contribution is 0.102. The van der Waals surface area contributed by atoms with Gasteiger partial charge in [0.25, 0.3) is 5.91 Å². The van der Waals surface area contributed by atoms with Crippen LogP contribution in [0.25, 0.3) is 16.7 Å². The number of imidazole rings is 1. The van der Waals surface area contributed by atoms with Crippen LogP contribution >= 0.6 is 0 Å². The van der Waals surface area contributed by atoms with Gasteiger partial charge in [0, 0.05) is 5.56 Å². The van der Waals surface area contributed by atoms with Gasteiger partial charge in [-0.2, -0.15) is 5.26 Å². The molecule has 136 valence electrons. The quantitative estimate of drug-likeness (QED) is 0.587. The number of anilines is 1. The molecule has 0 aliphatic carbocycles. The second-order valence-corrected chi connectivity index (χ2v) is 6.10. The third kappa shape index (κ3) is 3.06. The lowest BCUT2D eigenvalue weighted by atomic mass is 10.1. The minimum atomic E-state index is -0.292. The summed E-state index contributed by atoms with van der Waals surface area (Å²) in [5.74, 6) is 0.0729. The second kappa shape index (κ2) is 7.25. The van der Waals surface area contributed by atoms with Crippen molar-refractivity contribution in [1.82, 2.24) is 9.55 Å². The van der Waals surface area contributed by atoms with Gasteiger partial charge in [-0.1, -0.05) is 24.3 Å². The van der Waals surface area contributed by atoms with Crippen molar-refractivity contribution in [2.24, 2.45) is 0 Å². The van der Waals surface area contributed by atoms with E-state index in [-0.39, 0.29) is 5.91 Å². The number of fused-ring (bicyclic) bond motifs is 1. The fraction of sp³-hybridized carbons (Fsp3) is 0.0455. The van der Waals surface area contributed by atoms with Crippen molar-refractivity contribution in [2.45, 2.75) is 0 Å². The molecular formula is C22H16N4O2. The summed E-state index contributed by atoms with van der Waals surface area (Å²) in [4.78, 5) is 17.2. The van der Waals surface area contributed by atoms with E-state index in [9.17, 15) is 4.79 Å². The monoisotopic (exact) mass is 368 g/mol. The van der Waals surface area contributed by atoms with E-state index in [1.807, 2.05) is 59.2 Å². The van der Waals surface area contributed by atoms with Crippen LogP contribution in [0, 0.1) is 11.3 Å². The van der Waals surface area contributed by atoms with E-state index in [2.05, 4.69) is 10.3 Å². The zero-order chi connectivity index (χ0) is 19.5. The van der Waals surface area contributed by atoms with Crippen molar-refractivity contribution in [3.63, 3.8) is 0 Å². The first-order valence-corrected chi connectivity index (χ1v) is 8.62. The van der Waals surface area contributed by atoms with Gasteiger partial charge in [-0.15, -0.1) is 0 Å². The van der Waals surface area contributed by atoms with Crippen molar-refractivity contribution >= 4 is 22.6 Å². The number of nitrogens with zero attached hydrogens (tertiary/aromatic N) is 3. The summed E-state index contributed by atoms with van der Waals surface area (Å²) < 4.78 is 7.13. The number of amides is 1. The van der Waals surface area contributed by atoms with Gasteiger partial charge in [0.2, 0.25) is 0 Å². The largest absolute Gasteiger partial charge is 0.495 e. The molecule has 1 amide bonds. The Kier molecular flexibility index (Phi) is 4.48. The van der Waals surface area contributed by atoms with E-state index in [4.69, 9.17) is 10.00 Å². The fourth-order valence-electron chi connectivity index (χ4n) is 3.06. The molecule has 1 aromatic heterocycles. The van der Waals surface area contributed by atoms with Crippen molar-refractivity contribution in [3.8, 4) is 17.5 Å². The lowest BCUT2D eigenvalue weighted by Gasteiger charge is -2.13. The highest BCUT2D eigenvalue weighted by Gasteiger charge is 2.14. The van der Waals surface area contributed by atoms with Crippen LogP contribution in [0.1, 0.15) is 15.9 Å². The maximum atomic E-state index is 12.8. The molecule has 0 spiro atoms. The number of nitrogens with one attached hydrogen (secondary N) is 1. The molecule has 0 bridgehead atoms. The van der Waals surface area contributed by atoms with E-state index < -0.39 is 0 Å². The molecule has 28 heavy (non-hydrogen) atoms. The summed E-state index contributed by atoms with van der Waals surface area (Å²) in [6.45, 7) is 0. The van der Waals surface area contributed by atoms with Crippen LogP contribution in [0.2, 0.25) is 0 Å². The van der Waals surface area contributed by atoms with Crippen LogP contribution in [0.3, 0.4) is 0 Å². The molecule has 0 aliphatic rings. The highest BCUT2D eigenvalue weighted by molar-refractivity contribution is 6.05. The van der Waals surface area contributed by atoms with Crippen molar-refractivity contribution in [3.05, 3.63) is 84.2 Å². The standard InChI is InChI=1S/C22H16N4O2/c1-28-21-12-15(10-11-16(21)13-23)22(27)25-18-7-3-5-9-20(18)26-14-24-17-6-2-4-8-19(17)26/h2-12,14H,1H3,(H,25,27). The third-order valence-electron chi connectivity index (χ3n) is 4.45. The number of nitriles is 1. The van der Waals surface area contributed by atoms with Crippen molar-refractivity contribution < 1.29 is 9.53 Å². The molecule has 1 heterocycles. The summed E-state index contributed by atoms with van der Waals surface area (Å²) >= 11 is 0. The van der Waals surface area contributed by atoms with Crippen LogP contribution in [0.4, 0.5) is 5.69 Å². The summed E-state index contributed by atoms with van der Waals surface area (Å²) in [6, 6.07) is 22.1. The van der Waals surface area contributed by atoms with Crippen molar-refractivity contribution in [2.75, 3.05) is 12.4 Å². The number of carbonyl (C=O) groups is 1. The normalized spacial score (nSPS) is 10.4. The molecule has 0 unspecified atom stereocenters. The molecule has 0 saturated carbocycles. The topological polar surface area (TPSA) is 79.9 Å². The van der Waals surface area contributed by atoms with Crippen LogP contribution in [-0.2, 0) is 0 Å². The number of rotatable bonds is 4. The predicted molar refractivity (Wildman–Crippen MR) is 107 cm³/mol. The van der Waals surface area contributed by atoms with Crippen LogP contribution in [-0.4, -0.2) is 22.6 Å². The smallest absolute Gasteiger partial charge is 0.255 e. The number of aromatic nitrogens is 2. The Balaban J connectivity index is 1.70. The molecule has 0 aliphatic heterocycles. The van der Waals surface area contributed by atoms with Crippen LogP contribution in [0.15, 0.2) is 73.1 Å². The molecule has 0 fully saturated rings. The van der Waals surface area contributed by atoms with E-state index in [0.717, 1.165) is 16.7 Å². The zero-order valence-electron chi connectivity index (χ0n) is 15.1. The van der Waals surface area contributed by atoms with Crippen LogP contribution in [0.5, 0.6) is 5.75 Å². The number of hydrogen-bond donors (Lipinski definition) is 1. The average Bonchev–Trinajstić information content (AvgIpc) is 3.17. The Hall–Kier alpha value is -4.11. The SMILES string of the molecule is COc1cc(C(=O)Nc2ccccc2-n2cnc3ccccc32)ccc1C#N. The van der Waals surface area contributed by atoms with Gasteiger partial charge >= 0.3 is 0 Å². The Labute approximate surface area is 161 Å². The maximum Gasteiger partial charge on any atom is 0.255 e. The average molecular weight is 368 g/mol. The number of para-hydroxylation sites is 4. The fourth-order valence-corrected chi connectivity index (χ4v) is 3.06. The Bertz CT molecular complexity index is 1220. The van der Waals surface area contributed by atoms with E-state index in [1.165, 1.54) is 7.11 Å². The maximum absolute atomic E-state index is 12.8. The van der Waals surface area contributed by atoms with Gasteiger partial charge in [0.05, 0.1) is 35.1 Å². The second-order valence-electron chi connectivity index (χ2n) is 6.10. The summed E-state index contributed by atoms with van der Waals surface area (Å²) in [5.41, 5.74) is 4.07. The molecule has 1 N–H and O–H groups in total. The van der Waals surface area contributed by atoms with Gasteiger partial charge in [-0.3, -0.25) is 9.36 Å². The first kappa shape index (κ1) is 17.3. The third-order valence-corrected chi connectivity index (χ3v) is 4.45. The number of hydrogen-bond acceptors (Lipinski definition) is 4. The number of ether oxygens (including phenoxy) is 1. The first-order chi connectivity index (χ1) is 13.7. The van der Waals surface area contributed by atoms with Gasteiger partial charge in [-0.05, 0) is 42.5 Å². The van der Waals surface area contributed by atoms with Crippen molar-refractivity contribution in [1.29, 1.82) is 5.26 Å². The molecule has 0 atom stereocenters. The molecule has 6 nitrogen and oxygen atoms in total. The summed E-state index contributed by atoms with van der Waals surface area (Å²) in [7, 11) is 1.47. The Morgan fingerprint density at radius 2 is 1.89 bits per heavy atom. The predicted octanol–water partition coefficient (Wildman–Crippen LogP) is 4.16. The van der Waals surface area contributed by atoms with E-state index >= 15 is 0 Å². The molecule has 4 aromatic rings. The minimum Gasteiger partial charge on any atom is -0.495 e. The van der Waals surface area contributed by atoms with E-state index in [0.29, 0.717) is 22.6 Å². The zero-order valence-corrected chi connectivity index (χ0v) is 15.1. The molecule has 6 heteroatoms. The van der Waals surface area contributed by atoms with Gasteiger partial charge in [0.15, 0.2) is 0 Å². The van der Waals surface area contributed by atoms with Gasteiger partial charge in [0.1, 0.15) is 18.1 Å².